The van der Waals surface area contributed by atoms with Crippen LogP contribution in [-0.2, 0) is 17.8 Å². The van der Waals surface area contributed by atoms with Crippen molar-refractivity contribution in [3.05, 3.63) is 80.6 Å². The summed E-state index contributed by atoms with van der Waals surface area (Å²) in [6, 6.07) is 16.0. The summed E-state index contributed by atoms with van der Waals surface area (Å²) in [4.78, 5) is 38.4. The molecule has 6 nitrogen and oxygen atoms in total. The molecule has 2 aromatic carbocycles. The lowest BCUT2D eigenvalue weighted by Gasteiger charge is -2.14. The summed E-state index contributed by atoms with van der Waals surface area (Å²) in [6.45, 7) is 2.02. The topological polar surface area (TPSA) is 72.3 Å². The van der Waals surface area contributed by atoms with Crippen molar-refractivity contribution < 1.29 is 9.59 Å². The number of ketones is 1. The van der Waals surface area contributed by atoms with Gasteiger partial charge in [0.1, 0.15) is 6.54 Å². The van der Waals surface area contributed by atoms with Crippen molar-refractivity contribution in [2.24, 2.45) is 0 Å². The zero-order valence-electron chi connectivity index (χ0n) is 15.8. The maximum Gasteiger partial charge on any atom is 0.267 e. The molecule has 0 radical (unpaired) electrons. The van der Waals surface area contributed by atoms with E-state index in [9.17, 15) is 14.4 Å². The van der Waals surface area contributed by atoms with Crippen LogP contribution < -0.4 is 10.5 Å². The normalized spacial score (nSPS) is 12.7. The highest BCUT2D eigenvalue weighted by molar-refractivity contribution is 9.10. The predicted octanol–water partition coefficient (Wildman–Crippen LogP) is 3.46. The quantitative estimate of drug-likeness (QED) is 0.569. The van der Waals surface area contributed by atoms with E-state index in [-0.39, 0.29) is 23.8 Å². The average molecular weight is 452 g/mol. The van der Waals surface area contributed by atoms with E-state index in [0.717, 1.165) is 21.3 Å². The van der Waals surface area contributed by atoms with Crippen LogP contribution in [0.25, 0.3) is 11.3 Å². The first-order chi connectivity index (χ1) is 13.9. The number of benzene rings is 2. The Morgan fingerprint density at radius 3 is 2.55 bits per heavy atom. The Hall–Kier alpha value is -3.06. The van der Waals surface area contributed by atoms with Gasteiger partial charge in [-0.1, -0.05) is 28.1 Å². The highest BCUT2D eigenvalue weighted by Crippen LogP contribution is 2.29. The lowest BCUT2D eigenvalue weighted by atomic mass is 10.1. The number of Topliss-reactive ketones (excluding diaryl/α,β-unsaturated/α-hetero) is 1. The van der Waals surface area contributed by atoms with Crippen molar-refractivity contribution >= 4 is 33.3 Å². The standard InChI is InChI=1S/C22H18BrN3O3/c1-14(27)25-11-10-16-12-17(4-8-20(16)25)21(28)13-26-22(29)9-7-19(24-26)15-2-5-18(23)6-3-15/h2-9,12H,10-11,13H2,1H3. The number of halogens is 1. The molecule has 0 N–H and O–H groups in total. The molecule has 0 bridgehead atoms. The van der Waals surface area contributed by atoms with Gasteiger partial charge in [0.05, 0.1) is 5.69 Å². The van der Waals surface area contributed by atoms with Gasteiger partial charge in [-0.05, 0) is 48.4 Å². The maximum absolute atomic E-state index is 12.8. The molecule has 0 spiro atoms. The monoisotopic (exact) mass is 451 g/mol. The Balaban J connectivity index is 1.59. The number of hydrogen-bond donors (Lipinski definition) is 0. The molecule has 0 atom stereocenters. The van der Waals surface area contributed by atoms with Crippen LogP contribution in [0.5, 0.6) is 0 Å². The third-order valence-corrected chi connectivity index (χ3v) is 5.51. The minimum atomic E-state index is -0.330. The summed E-state index contributed by atoms with van der Waals surface area (Å²) in [6.07, 6.45) is 0.716. The molecule has 0 saturated carbocycles. The second kappa shape index (κ2) is 7.75. The molecule has 1 aliphatic heterocycles. The molecule has 3 aromatic rings. The average Bonchev–Trinajstić information content (AvgIpc) is 3.14. The van der Waals surface area contributed by atoms with Crippen LogP contribution >= 0.6 is 15.9 Å². The molecule has 146 valence electrons. The number of aromatic nitrogens is 2. The summed E-state index contributed by atoms with van der Waals surface area (Å²) < 4.78 is 2.14. The Morgan fingerprint density at radius 2 is 1.83 bits per heavy atom. The van der Waals surface area contributed by atoms with Crippen molar-refractivity contribution in [1.82, 2.24) is 9.78 Å². The number of anilines is 1. The fourth-order valence-electron chi connectivity index (χ4n) is 3.47. The van der Waals surface area contributed by atoms with Crippen LogP contribution in [0.4, 0.5) is 5.69 Å². The van der Waals surface area contributed by atoms with E-state index in [4.69, 9.17) is 0 Å². The summed E-state index contributed by atoms with van der Waals surface area (Å²) in [5, 5.41) is 4.36. The molecule has 2 heterocycles. The lowest BCUT2D eigenvalue weighted by molar-refractivity contribution is -0.116. The molecule has 7 heteroatoms. The van der Waals surface area contributed by atoms with E-state index in [2.05, 4.69) is 21.0 Å². The zero-order chi connectivity index (χ0) is 20.5. The second-order valence-electron chi connectivity index (χ2n) is 6.91. The van der Waals surface area contributed by atoms with Crippen LogP contribution in [0.1, 0.15) is 22.8 Å². The van der Waals surface area contributed by atoms with Crippen LogP contribution in [0.2, 0.25) is 0 Å². The second-order valence-corrected chi connectivity index (χ2v) is 7.82. The number of nitrogens with zero attached hydrogens (tertiary/aromatic N) is 3. The van der Waals surface area contributed by atoms with E-state index in [1.165, 1.54) is 17.7 Å². The first kappa shape index (κ1) is 19.3. The van der Waals surface area contributed by atoms with E-state index in [1.54, 1.807) is 23.1 Å². The Morgan fingerprint density at radius 1 is 1.07 bits per heavy atom. The molecule has 1 aromatic heterocycles. The number of hydrogen-bond acceptors (Lipinski definition) is 4. The van der Waals surface area contributed by atoms with Gasteiger partial charge >= 0.3 is 0 Å². The molecular formula is C22H18BrN3O3. The molecule has 1 amide bonds. The number of carbonyl (C=O) groups excluding carboxylic acids is 2. The third kappa shape index (κ3) is 3.91. The first-order valence-corrected chi connectivity index (χ1v) is 10.00. The number of amides is 1. The predicted molar refractivity (Wildman–Crippen MR) is 114 cm³/mol. The summed E-state index contributed by atoms with van der Waals surface area (Å²) in [5.41, 5.74) is 3.48. The molecule has 29 heavy (non-hydrogen) atoms. The summed E-state index contributed by atoms with van der Waals surface area (Å²) in [5.74, 6) is -0.208. The zero-order valence-corrected chi connectivity index (χ0v) is 17.3. The summed E-state index contributed by atoms with van der Waals surface area (Å²) >= 11 is 3.39. The minimum Gasteiger partial charge on any atom is -0.312 e. The van der Waals surface area contributed by atoms with E-state index < -0.39 is 0 Å². The highest BCUT2D eigenvalue weighted by atomic mass is 79.9. The lowest BCUT2D eigenvalue weighted by Crippen LogP contribution is -2.26. The van der Waals surface area contributed by atoms with Gasteiger partial charge in [-0.2, -0.15) is 5.10 Å². The van der Waals surface area contributed by atoms with E-state index in [1.807, 2.05) is 30.3 Å². The molecular weight excluding hydrogens is 434 g/mol. The SMILES string of the molecule is CC(=O)N1CCc2cc(C(=O)Cn3nc(-c4ccc(Br)cc4)ccc3=O)ccc21. The van der Waals surface area contributed by atoms with Crippen molar-refractivity contribution in [1.29, 1.82) is 0 Å². The Labute approximate surface area is 175 Å². The molecule has 0 aliphatic carbocycles. The molecule has 0 fully saturated rings. The number of rotatable bonds is 4. The van der Waals surface area contributed by atoms with Crippen molar-refractivity contribution in [2.75, 3.05) is 11.4 Å². The van der Waals surface area contributed by atoms with E-state index in [0.29, 0.717) is 24.2 Å². The van der Waals surface area contributed by atoms with Gasteiger partial charge in [0.2, 0.25) is 5.91 Å². The maximum atomic E-state index is 12.8. The Bertz CT molecular complexity index is 1170. The van der Waals surface area contributed by atoms with Crippen molar-refractivity contribution in [3.63, 3.8) is 0 Å². The molecule has 1 aliphatic rings. The van der Waals surface area contributed by atoms with Crippen LogP contribution in [-0.4, -0.2) is 28.0 Å². The fraction of sp³-hybridized carbons (Fsp3) is 0.182. The molecule has 4 rings (SSSR count). The highest BCUT2D eigenvalue weighted by Gasteiger charge is 2.23. The van der Waals surface area contributed by atoms with Crippen LogP contribution in [0.3, 0.4) is 0 Å². The Kier molecular flexibility index (Phi) is 5.15. The van der Waals surface area contributed by atoms with Crippen molar-refractivity contribution in [3.8, 4) is 11.3 Å². The van der Waals surface area contributed by atoms with E-state index >= 15 is 0 Å². The van der Waals surface area contributed by atoms with Crippen LogP contribution in [0.15, 0.2) is 63.9 Å². The molecule has 0 unspecified atom stereocenters. The smallest absolute Gasteiger partial charge is 0.267 e. The van der Waals surface area contributed by atoms with Gasteiger partial charge < -0.3 is 4.90 Å². The third-order valence-electron chi connectivity index (χ3n) is 4.98. The fourth-order valence-corrected chi connectivity index (χ4v) is 3.73. The van der Waals surface area contributed by atoms with Gasteiger partial charge in [-0.15, -0.1) is 0 Å². The van der Waals surface area contributed by atoms with Crippen LogP contribution in [0, 0.1) is 0 Å². The largest absolute Gasteiger partial charge is 0.312 e. The number of fused-ring (bicyclic) bond motifs is 1. The van der Waals surface area contributed by atoms with Gasteiger partial charge in [0.15, 0.2) is 5.78 Å². The minimum absolute atomic E-state index is 0.0108. The summed E-state index contributed by atoms with van der Waals surface area (Å²) in [7, 11) is 0. The van der Waals surface area contributed by atoms with Gasteiger partial charge in [0.25, 0.3) is 5.56 Å². The van der Waals surface area contributed by atoms with Gasteiger partial charge in [-0.3, -0.25) is 14.4 Å². The number of carbonyl (C=O) groups is 2. The first-order valence-electron chi connectivity index (χ1n) is 9.21. The van der Waals surface area contributed by atoms with Gasteiger partial charge in [-0.25, -0.2) is 4.68 Å². The molecule has 0 saturated heterocycles. The van der Waals surface area contributed by atoms with Crippen molar-refractivity contribution in [2.45, 2.75) is 19.9 Å². The van der Waals surface area contributed by atoms with Gasteiger partial charge in [0, 0.05) is 40.8 Å².